The maximum atomic E-state index is 2.60. The quantitative estimate of drug-likeness (QED) is 0.719. The van der Waals surface area contributed by atoms with Crippen LogP contribution in [0.1, 0.15) is 44.6 Å². The zero-order valence-corrected chi connectivity index (χ0v) is 10.3. The molecule has 1 radical (unpaired) electrons. The second-order valence-corrected chi connectivity index (χ2v) is 4.68. The summed E-state index contributed by atoms with van der Waals surface area (Å²) in [5, 5.41) is 0. The molecule has 0 amide bonds. The van der Waals surface area contributed by atoms with E-state index in [0.717, 1.165) is 6.54 Å². The topological polar surface area (TPSA) is 3.24 Å². The Balaban J connectivity index is 1.96. The molecular weight excluding hydrogens is 194 g/mol. The van der Waals surface area contributed by atoms with Gasteiger partial charge in [0.05, 0.1) is 0 Å². The molecule has 0 spiro atoms. The van der Waals surface area contributed by atoms with Gasteiger partial charge in [-0.1, -0.05) is 50.1 Å². The Morgan fingerprint density at radius 1 is 1.06 bits per heavy atom. The van der Waals surface area contributed by atoms with Crippen molar-refractivity contribution in [1.29, 1.82) is 0 Å². The Morgan fingerprint density at radius 3 is 2.38 bits per heavy atom. The fraction of sp³-hybridized carbons (Fsp3) is 0.533. The summed E-state index contributed by atoms with van der Waals surface area (Å²) in [5.41, 5.74) is 1.44. The van der Waals surface area contributed by atoms with Crippen molar-refractivity contribution < 1.29 is 0 Å². The highest BCUT2D eigenvalue weighted by atomic mass is 15.2. The second kappa shape index (κ2) is 6.05. The smallest absolute Gasteiger partial charge is 0.0396 e. The molecular formula is C15H22N. The summed E-state index contributed by atoms with van der Waals surface area (Å²) < 4.78 is 0. The highest BCUT2D eigenvalue weighted by molar-refractivity contribution is 5.15. The van der Waals surface area contributed by atoms with Gasteiger partial charge in [0.15, 0.2) is 0 Å². The molecule has 2 rings (SSSR count). The molecule has 0 bridgehead atoms. The van der Waals surface area contributed by atoms with Crippen LogP contribution in [0.2, 0.25) is 0 Å². The molecule has 0 atom stereocenters. The minimum absolute atomic E-state index is 1.10. The molecule has 1 saturated carbocycles. The van der Waals surface area contributed by atoms with Crippen molar-refractivity contribution in [3.8, 4) is 0 Å². The normalized spacial score (nSPS) is 17.1. The maximum absolute atomic E-state index is 2.60. The lowest BCUT2D eigenvalue weighted by Crippen LogP contribution is -2.27. The van der Waals surface area contributed by atoms with Crippen molar-refractivity contribution in [2.75, 3.05) is 6.54 Å². The minimum atomic E-state index is 1.10. The third-order valence-electron chi connectivity index (χ3n) is 3.34. The number of nitrogens with zero attached hydrogens (tertiary/aromatic N) is 1. The molecule has 0 aliphatic heterocycles. The van der Waals surface area contributed by atoms with E-state index in [1.807, 2.05) is 0 Å². The second-order valence-electron chi connectivity index (χ2n) is 4.68. The van der Waals surface area contributed by atoms with Crippen molar-refractivity contribution in [2.24, 2.45) is 0 Å². The van der Waals surface area contributed by atoms with Crippen molar-refractivity contribution in [2.45, 2.75) is 45.6 Å². The van der Waals surface area contributed by atoms with E-state index in [1.54, 1.807) is 6.04 Å². The van der Waals surface area contributed by atoms with Gasteiger partial charge in [-0.15, -0.1) is 0 Å². The summed E-state index contributed by atoms with van der Waals surface area (Å²) in [6.07, 6.45) is 6.69. The first-order valence-electron chi connectivity index (χ1n) is 6.53. The van der Waals surface area contributed by atoms with Gasteiger partial charge >= 0.3 is 0 Å². The molecule has 1 aliphatic carbocycles. The molecule has 0 aromatic heterocycles. The zero-order chi connectivity index (χ0) is 11.2. The van der Waals surface area contributed by atoms with Crippen molar-refractivity contribution in [1.82, 2.24) is 4.90 Å². The lowest BCUT2D eigenvalue weighted by atomic mass is 10.1. The van der Waals surface area contributed by atoms with Gasteiger partial charge in [0.2, 0.25) is 0 Å². The van der Waals surface area contributed by atoms with E-state index in [0.29, 0.717) is 0 Å². The summed E-state index contributed by atoms with van der Waals surface area (Å²) in [7, 11) is 0. The van der Waals surface area contributed by atoms with Crippen molar-refractivity contribution in [3.05, 3.63) is 41.9 Å². The van der Waals surface area contributed by atoms with E-state index in [1.165, 1.54) is 44.2 Å². The predicted octanol–water partition coefficient (Wildman–Crippen LogP) is 4.00. The fourth-order valence-electron chi connectivity index (χ4n) is 2.52. The monoisotopic (exact) mass is 216 g/mol. The van der Waals surface area contributed by atoms with Gasteiger partial charge in [-0.2, -0.15) is 0 Å². The third-order valence-corrected chi connectivity index (χ3v) is 3.34. The van der Waals surface area contributed by atoms with Crippen molar-refractivity contribution >= 4 is 0 Å². The Hall–Kier alpha value is -0.820. The molecule has 1 fully saturated rings. The first-order chi connectivity index (χ1) is 7.90. The number of hydrogen-bond donors (Lipinski definition) is 0. The SMILES string of the molecule is CCCN(Cc1ccccc1)[C]1CCCC1. The maximum Gasteiger partial charge on any atom is 0.0396 e. The van der Waals surface area contributed by atoms with Gasteiger partial charge in [-0.25, -0.2) is 0 Å². The molecule has 0 unspecified atom stereocenters. The summed E-state index contributed by atoms with van der Waals surface area (Å²) in [6, 6.07) is 12.5. The van der Waals surface area contributed by atoms with Crippen LogP contribution in [-0.4, -0.2) is 11.4 Å². The highest BCUT2D eigenvalue weighted by Crippen LogP contribution is 2.31. The van der Waals surface area contributed by atoms with Gasteiger partial charge in [0, 0.05) is 12.6 Å². The van der Waals surface area contributed by atoms with E-state index >= 15 is 0 Å². The minimum Gasteiger partial charge on any atom is -0.292 e. The predicted molar refractivity (Wildman–Crippen MR) is 68.9 cm³/mol. The number of rotatable bonds is 5. The lowest BCUT2D eigenvalue weighted by Gasteiger charge is -2.27. The molecule has 16 heavy (non-hydrogen) atoms. The van der Waals surface area contributed by atoms with E-state index < -0.39 is 0 Å². The van der Waals surface area contributed by atoms with Gasteiger partial charge in [0.25, 0.3) is 0 Å². The Labute approximate surface area is 99.5 Å². The van der Waals surface area contributed by atoms with Crippen LogP contribution < -0.4 is 0 Å². The molecule has 0 N–H and O–H groups in total. The first kappa shape index (κ1) is 11.7. The Morgan fingerprint density at radius 2 is 1.75 bits per heavy atom. The van der Waals surface area contributed by atoms with Crippen LogP contribution in [-0.2, 0) is 6.54 Å². The summed E-state index contributed by atoms with van der Waals surface area (Å²) >= 11 is 0. The fourth-order valence-corrected chi connectivity index (χ4v) is 2.52. The third kappa shape index (κ3) is 3.08. The van der Waals surface area contributed by atoms with Gasteiger partial charge in [-0.3, -0.25) is 4.90 Å². The molecule has 1 aliphatic rings. The van der Waals surface area contributed by atoms with Crippen LogP contribution in [0.3, 0.4) is 0 Å². The average Bonchev–Trinajstić information content (AvgIpc) is 2.83. The number of benzene rings is 1. The zero-order valence-electron chi connectivity index (χ0n) is 10.3. The highest BCUT2D eigenvalue weighted by Gasteiger charge is 2.22. The van der Waals surface area contributed by atoms with Gasteiger partial charge in [-0.05, 0) is 31.4 Å². The van der Waals surface area contributed by atoms with Crippen LogP contribution in [0.15, 0.2) is 30.3 Å². The van der Waals surface area contributed by atoms with Gasteiger partial charge < -0.3 is 0 Å². The largest absolute Gasteiger partial charge is 0.292 e. The molecule has 0 saturated heterocycles. The van der Waals surface area contributed by atoms with E-state index in [4.69, 9.17) is 0 Å². The summed E-state index contributed by atoms with van der Waals surface area (Å²) in [4.78, 5) is 2.60. The number of hydrogen-bond acceptors (Lipinski definition) is 1. The Bertz CT molecular complexity index is 288. The molecule has 1 nitrogen and oxygen atoms in total. The van der Waals surface area contributed by atoms with Crippen LogP contribution >= 0.6 is 0 Å². The van der Waals surface area contributed by atoms with Gasteiger partial charge in [0.1, 0.15) is 0 Å². The lowest BCUT2D eigenvalue weighted by molar-refractivity contribution is 0.268. The standard InChI is InChI=1S/C15H22N/c1-2-12-16(15-10-6-7-11-15)13-14-8-4-3-5-9-14/h3-5,8-9H,2,6-7,10-13H2,1H3. The summed E-state index contributed by atoms with van der Waals surface area (Å²) in [5.74, 6) is 0. The van der Waals surface area contributed by atoms with E-state index in [-0.39, 0.29) is 0 Å². The van der Waals surface area contributed by atoms with Crippen molar-refractivity contribution in [3.63, 3.8) is 0 Å². The van der Waals surface area contributed by atoms with Crippen LogP contribution in [0.5, 0.6) is 0 Å². The van der Waals surface area contributed by atoms with Crippen LogP contribution in [0.25, 0.3) is 0 Å². The summed E-state index contributed by atoms with van der Waals surface area (Å²) in [6.45, 7) is 4.59. The molecule has 1 heteroatoms. The molecule has 0 heterocycles. The average molecular weight is 216 g/mol. The first-order valence-corrected chi connectivity index (χ1v) is 6.53. The van der Waals surface area contributed by atoms with E-state index in [2.05, 4.69) is 42.2 Å². The Kier molecular flexibility index (Phi) is 4.41. The molecule has 1 aromatic carbocycles. The molecule has 87 valence electrons. The van der Waals surface area contributed by atoms with Crippen LogP contribution in [0.4, 0.5) is 0 Å². The molecule has 1 aromatic rings. The van der Waals surface area contributed by atoms with E-state index in [9.17, 15) is 0 Å². The van der Waals surface area contributed by atoms with Crippen LogP contribution in [0, 0.1) is 6.04 Å².